The minimum atomic E-state index is -0.187. The normalized spacial score (nSPS) is 15.2. The minimum absolute atomic E-state index is 0.0739. The van der Waals surface area contributed by atoms with Crippen LogP contribution in [-0.4, -0.2) is 17.9 Å². The number of hydrogen-bond acceptors (Lipinski definition) is 2. The third kappa shape index (κ3) is 3.54. The van der Waals surface area contributed by atoms with Crippen LogP contribution in [0.3, 0.4) is 0 Å². The van der Waals surface area contributed by atoms with Crippen molar-refractivity contribution >= 4 is 17.5 Å². The van der Waals surface area contributed by atoms with Crippen LogP contribution in [0.25, 0.3) is 0 Å². The lowest BCUT2D eigenvalue weighted by atomic mass is 10.1. The molecule has 0 fully saturated rings. The fraction of sp³-hybridized carbons (Fsp3) is 0.167. The maximum atomic E-state index is 13.2. The van der Waals surface area contributed by atoms with Crippen molar-refractivity contribution < 1.29 is 9.59 Å². The van der Waals surface area contributed by atoms with Crippen LogP contribution in [0, 0.1) is 0 Å². The van der Waals surface area contributed by atoms with Crippen LogP contribution in [0.4, 0.5) is 5.69 Å². The smallest absolute Gasteiger partial charge is 0.258 e. The van der Waals surface area contributed by atoms with E-state index in [2.05, 4.69) is 11.4 Å². The molecular formula is C24H22N2O2. The number of hydrogen-bond donors (Lipinski definition) is 1. The van der Waals surface area contributed by atoms with Gasteiger partial charge in [-0.15, -0.1) is 0 Å². The topological polar surface area (TPSA) is 49.4 Å². The second-order valence-corrected chi connectivity index (χ2v) is 7.11. The van der Waals surface area contributed by atoms with Gasteiger partial charge in [-0.2, -0.15) is 0 Å². The minimum Gasteiger partial charge on any atom is -0.348 e. The van der Waals surface area contributed by atoms with Crippen LogP contribution in [-0.2, 0) is 13.0 Å². The Morgan fingerprint density at radius 1 is 0.929 bits per heavy atom. The first-order chi connectivity index (χ1) is 13.6. The standard InChI is InChI=1S/C24H22N2O2/c1-17-14-19-10-5-6-13-22(19)26(17)24(28)21-12-7-11-20(15-21)23(27)25-16-18-8-3-2-4-9-18/h2-13,15,17H,14,16H2,1H3,(H,25,27). The van der Waals surface area contributed by atoms with Crippen molar-refractivity contribution in [1.29, 1.82) is 0 Å². The Bertz CT molecular complexity index is 1010. The van der Waals surface area contributed by atoms with Gasteiger partial charge in [-0.1, -0.05) is 54.6 Å². The van der Waals surface area contributed by atoms with Gasteiger partial charge in [-0.3, -0.25) is 9.59 Å². The van der Waals surface area contributed by atoms with E-state index in [-0.39, 0.29) is 17.9 Å². The molecule has 4 heteroatoms. The Morgan fingerprint density at radius 3 is 2.46 bits per heavy atom. The van der Waals surface area contributed by atoms with E-state index in [1.54, 1.807) is 24.3 Å². The first-order valence-electron chi connectivity index (χ1n) is 9.47. The summed E-state index contributed by atoms with van der Waals surface area (Å²) in [5.74, 6) is -0.261. The zero-order valence-corrected chi connectivity index (χ0v) is 15.8. The molecule has 4 rings (SSSR count). The van der Waals surface area contributed by atoms with Crippen LogP contribution in [0.2, 0.25) is 0 Å². The summed E-state index contributed by atoms with van der Waals surface area (Å²) in [6.07, 6.45) is 0.846. The molecule has 1 atom stereocenters. The molecule has 1 aliphatic heterocycles. The number of nitrogens with zero attached hydrogens (tertiary/aromatic N) is 1. The van der Waals surface area contributed by atoms with Crippen LogP contribution in [0.5, 0.6) is 0 Å². The van der Waals surface area contributed by atoms with Gasteiger partial charge < -0.3 is 10.2 Å². The van der Waals surface area contributed by atoms with Crippen LogP contribution in [0.1, 0.15) is 38.8 Å². The number of benzene rings is 3. The van der Waals surface area contributed by atoms with E-state index in [0.717, 1.165) is 17.7 Å². The number of nitrogens with one attached hydrogen (secondary N) is 1. The largest absolute Gasteiger partial charge is 0.348 e. The predicted octanol–water partition coefficient (Wildman–Crippen LogP) is 4.21. The van der Waals surface area contributed by atoms with Crippen molar-refractivity contribution in [2.45, 2.75) is 25.9 Å². The van der Waals surface area contributed by atoms with Gasteiger partial charge in [0.2, 0.25) is 0 Å². The van der Waals surface area contributed by atoms with Crippen molar-refractivity contribution in [2.24, 2.45) is 0 Å². The monoisotopic (exact) mass is 370 g/mol. The summed E-state index contributed by atoms with van der Waals surface area (Å²) < 4.78 is 0. The summed E-state index contributed by atoms with van der Waals surface area (Å²) in [6.45, 7) is 2.50. The molecule has 0 spiro atoms. The first-order valence-corrected chi connectivity index (χ1v) is 9.47. The van der Waals surface area contributed by atoms with Crippen molar-refractivity contribution in [1.82, 2.24) is 5.32 Å². The highest BCUT2D eigenvalue weighted by molar-refractivity contribution is 6.09. The third-order valence-electron chi connectivity index (χ3n) is 5.09. The van der Waals surface area contributed by atoms with E-state index in [4.69, 9.17) is 0 Å². The number of anilines is 1. The van der Waals surface area contributed by atoms with E-state index in [9.17, 15) is 9.59 Å². The Hall–Kier alpha value is -3.40. The van der Waals surface area contributed by atoms with E-state index in [0.29, 0.717) is 17.7 Å². The molecule has 0 radical (unpaired) electrons. The molecule has 140 valence electrons. The molecule has 0 saturated carbocycles. The zero-order valence-electron chi connectivity index (χ0n) is 15.8. The average molecular weight is 370 g/mol. The van der Waals surface area contributed by atoms with Gasteiger partial charge in [0.05, 0.1) is 0 Å². The Morgan fingerprint density at radius 2 is 1.64 bits per heavy atom. The van der Waals surface area contributed by atoms with Gasteiger partial charge in [0.15, 0.2) is 0 Å². The fourth-order valence-corrected chi connectivity index (χ4v) is 3.69. The van der Waals surface area contributed by atoms with E-state index in [1.165, 1.54) is 5.56 Å². The second kappa shape index (κ2) is 7.69. The number of carbonyl (C=O) groups is 2. The third-order valence-corrected chi connectivity index (χ3v) is 5.09. The molecule has 4 nitrogen and oxygen atoms in total. The van der Waals surface area contributed by atoms with Crippen LogP contribution < -0.4 is 10.2 Å². The Labute approximate surface area is 164 Å². The lowest BCUT2D eigenvalue weighted by Crippen LogP contribution is -2.35. The number of rotatable bonds is 4. The number of para-hydroxylation sites is 1. The number of fused-ring (bicyclic) bond motifs is 1. The van der Waals surface area contributed by atoms with E-state index >= 15 is 0 Å². The van der Waals surface area contributed by atoms with Crippen molar-refractivity contribution in [3.63, 3.8) is 0 Å². The number of carbonyl (C=O) groups excluding carboxylic acids is 2. The van der Waals surface area contributed by atoms with E-state index < -0.39 is 0 Å². The molecule has 1 unspecified atom stereocenters. The molecular weight excluding hydrogens is 348 g/mol. The molecule has 28 heavy (non-hydrogen) atoms. The lowest BCUT2D eigenvalue weighted by molar-refractivity contribution is 0.0951. The summed E-state index contributed by atoms with van der Waals surface area (Å²) in [4.78, 5) is 27.5. The van der Waals surface area contributed by atoms with Crippen LogP contribution in [0.15, 0.2) is 78.9 Å². The highest BCUT2D eigenvalue weighted by atomic mass is 16.2. The van der Waals surface area contributed by atoms with Gasteiger partial charge in [0.25, 0.3) is 11.8 Å². The molecule has 0 saturated heterocycles. The first kappa shape index (κ1) is 18.0. The maximum absolute atomic E-state index is 13.2. The predicted molar refractivity (Wildman–Crippen MR) is 110 cm³/mol. The molecule has 1 N–H and O–H groups in total. The summed E-state index contributed by atoms with van der Waals surface area (Å²) in [5.41, 5.74) is 4.18. The van der Waals surface area contributed by atoms with Gasteiger partial charge >= 0.3 is 0 Å². The van der Waals surface area contributed by atoms with Crippen molar-refractivity contribution in [3.8, 4) is 0 Å². The molecule has 3 aromatic rings. The Balaban J connectivity index is 1.52. The molecule has 0 aromatic heterocycles. The summed E-state index contributed by atoms with van der Waals surface area (Å²) in [7, 11) is 0. The molecule has 3 aromatic carbocycles. The summed E-state index contributed by atoms with van der Waals surface area (Å²) in [6, 6.07) is 24.8. The quantitative estimate of drug-likeness (QED) is 0.748. The average Bonchev–Trinajstić information content (AvgIpc) is 3.08. The summed E-state index contributed by atoms with van der Waals surface area (Å²) in [5, 5.41) is 2.91. The molecule has 1 heterocycles. The van der Waals surface area contributed by atoms with E-state index in [1.807, 2.05) is 60.4 Å². The van der Waals surface area contributed by atoms with Crippen molar-refractivity contribution in [3.05, 3.63) is 101 Å². The highest BCUT2D eigenvalue weighted by Crippen LogP contribution is 2.33. The molecule has 0 bridgehead atoms. The molecule has 2 amide bonds. The molecule has 0 aliphatic carbocycles. The zero-order chi connectivity index (χ0) is 19.5. The second-order valence-electron chi connectivity index (χ2n) is 7.11. The lowest BCUT2D eigenvalue weighted by Gasteiger charge is -2.23. The summed E-state index contributed by atoms with van der Waals surface area (Å²) >= 11 is 0. The van der Waals surface area contributed by atoms with Gasteiger partial charge in [-0.05, 0) is 48.7 Å². The van der Waals surface area contributed by atoms with Gasteiger partial charge in [0, 0.05) is 29.4 Å². The van der Waals surface area contributed by atoms with Gasteiger partial charge in [-0.25, -0.2) is 0 Å². The Kier molecular flexibility index (Phi) is 4.94. The highest BCUT2D eigenvalue weighted by Gasteiger charge is 2.31. The number of amides is 2. The maximum Gasteiger partial charge on any atom is 0.258 e. The van der Waals surface area contributed by atoms with Gasteiger partial charge in [0.1, 0.15) is 0 Å². The van der Waals surface area contributed by atoms with Crippen LogP contribution >= 0.6 is 0 Å². The fourth-order valence-electron chi connectivity index (χ4n) is 3.69. The molecule has 1 aliphatic rings. The SMILES string of the molecule is CC1Cc2ccccc2N1C(=O)c1cccc(C(=O)NCc2ccccc2)c1. The van der Waals surface area contributed by atoms with Crippen molar-refractivity contribution in [2.75, 3.05) is 4.90 Å².